The van der Waals surface area contributed by atoms with Crippen molar-refractivity contribution in [3.63, 3.8) is 0 Å². The second-order valence-corrected chi connectivity index (χ2v) is 8.12. The molecule has 1 aromatic rings. The van der Waals surface area contributed by atoms with Gasteiger partial charge in [0.05, 0.1) is 22.8 Å². The maximum atomic E-state index is 12.7. The van der Waals surface area contributed by atoms with Gasteiger partial charge < -0.3 is 34.6 Å². The maximum Gasteiger partial charge on any atom is 0.248 e. The lowest BCUT2D eigenvalue weighted by atomic mass is 9.88. The number of benzene rings is 1. The number of methoxy groups -OCH3 is 2. The molecule has 0 aliphatic heterocycles. The van der Waals surface area contributed by atoms with Gasteiger partial charge in [-0.1, -0.05) is 12.1 Å². The average molecular weight is 548 g/mol. The fourth-order valence-corrected chi connectivity index (χ4v) is 3.85. The van der Waals surface area contributed by atoms with Gasteiger partial charge in [0.25, 0.3) is 0 Å². The summed E-state index contributed by atoms with van der Waals surface area (Å²) in [5, 5.41) is 22.8. The van der Waals surface area contributed by atoms with Crippen LogP contribution in [0.5, 0.6) is 5.75 Å². The normalized spacial score (nSPS) is 20.7. The quantitative estimate of drug-likeness (QED) is 0.342. The van der Waals surface area contributed by atoms with E-state index in [4.69, 9.17) is 19.3 Å². The third-order valence-corrected chi connectivity index (χ3v) is 5.73. The van der Waals surface area contributed by atoms with Crippen molar-refractivity contribution in [3.8, 4) is 5.75 Å². The van der Waals surface area contributed by atoms with Crippen LogP contribution in [-0.4, -0.2) is 92.3 Å². The second kappa shape index (κ2) is 13.0. The monoisotopic (exact) mass is 548 g/mol. The first-order valence-electron chi connectivity index (χ1n) is 9.89. The fraction of sp³-hybridized carbons (Fsp3) is 0.524. The van der Waals surface area contributed by atoms with Crippen LogP contribution < -0.4 is 10.1 Å². The lowest BCUT2D eigenvalue weighted by molar-refractivity contribution is -0.143. The van der Waals surface area contributed by atoms with Gasteiger partial charge >= 0.3 is 0 Å². The summed E-state index contributed by atoms with van der Waals surface area (Å²) in [6.45, 7) is 0.226. The van der Waals surface area contributed by atoms with Crippen molar-refractivity contribution in [2.75, 3.05) is 47.1 Å². The molecule has 0 fully saturated rings. The van der Waals surface area contributed by atoms with Crippen molar-refractivity contribution in [2.24, 2.45) is 0 Å². The molecule has 0 unspecified atom stereocenters. The van der Waals surface area contributed by atoms with E-state index in [1.54, 1.807) is 12.1 Å². The Morgan fingerprint density at radius 1 is 1.26 bits per heavy atom. The van der Waals surface area contributed by atoms with Gasteiger partial charge in [-0.05, 0) is 40.8 Å². The van der Waals surface area contributed by atoms with Gasteiger partial charge in [0.2, 0.25) is 11.8 Å². The number of rotatable bonds is 11. The smallest absolute Gasteiger partial charge is 0.248 e. The summed E-state index contributed by atoms with van der Waals surface area (Å²) in [5.74, 6) is -0.146. The number of hydrogen-bond donors (Lipinski definition) is 3. The predicted octanol–water partition coefficient (Wildman–Crippen LogP) is 0.328. The summed E-state index contributed by atoms with van der Waals surface area (Å²) in [5.41, 5.74) is 0.368. The summed E-state index contributed by atoms with van der Waals surface area (Å²) in [4.78, 5) is 26.8. The molecule has 31 heavy (non-hydrogen) atoms. The standard InChI is InChI=1S/C21H29IN2O7/c1-29-10-8-24(19(26)13-30-2)16-11-14(21(28)23-7-9-25)12-18(20(16)27)31-17-6-4-3-5-15(17)22/h3-6,12,16,18,20,25,27H,7-11,13H2,1-2H3,(H,23,28)/t16-,18+,20+/m1/s1. The topological polar surface area (TPSA) is 118 Å². The Morgan fingerprint density at radius 2 is 2.00 bits per heavy atom. The van der Waals surface area contributed by atoms with Crippen molar-refractivity contribution in [1.29, 1.82) is 0 Å². The summed E-state index contributed by atoms with van der Waals surface area (Å²) in [6.07, 6.45) is -0.233. The van der Waals surface area contributed by atoms with Gasteiger partial charge in [0.15, 0.2) is 0 Å². The van der Waals surface area contributed by atoms with Gasteiger partial charge in [-0.3, -0.25) is 9.59 Å². The number of carbonyl (C=O) groups is 2. The van der Waals surface area contributed by atoms with Crippen LogP contribution in [0.25, 0.3) is 0 Å². The van der Waals surface area contributed by atoms with Crippen molar-refractivity contribution in [1.82, 2.24) is 10.2 Å². The van der Waals surface area contributed by atoms with Crippen LogP contribution in [0.15, 0.2) is 35.9 Å². The largest absolute Gasteiger partial charge is 0.482 e. The molecule has 2 rings (SSSR count). The minimum Gasteiger partial charge on any atom is -0.482 e. The molecule has 0 saturated heterocycles. The molecule has 1 aliphatic rings. The van der Waals surface area contributed by atoms with E-state index in [-0.39, 0.29) is 51.1 Å². The number of carbonyl (C=O) groups excluding carboxylic acids is 2. The third-order valence-electron chi connectivity index (χ3n) is 4.84. The highest BCUT2D eigenvalue weighted by Gasteiger charge is 2.40. The number of aliphatic hydroxyl groups excluding tert-OH is 2. The maximum absolute atomic E-state index is 12.7. The molecule has 1 aromatic carbocycles. The predicted molar refractivity (Wildman–Crippen MR) is 122 cm³/mol. The van der Waals surface area contributed by atoms with Crippen LogP contribution in [0.3, 0.4) is 0 Å². The first kappa shape index (κ1) is 25.5. The molecule has 0 heterocycles. The summed E-state index contributed by atoms with van der Waals surface area (Å²) in [6, 6.07) is 6.61. The number of para-hydroxylation sites is 1. The molecule has 0 bridgehead atoms. The molecule has 0 aromatic heterocycles. The van der Waals surface area contributed by atoms with E-state index in [9.17, 15) is 14.7 Å². The van der Waals surface area contributed by atoms with E-state index in [2.05, 4.69) is 27.9 Å². The first-order valence-corrected chi connectivity index (χ1v) is 11.0. The van der Waals surface area contributed by atoms with Gasteiger partial charge in [0.1, 0.15) is 24.6 Å². The SMILES string of the molecule is COCCN(C(=O)COC)[C@@H]1CC(C(=O)NCCO)=C[C@H](Oc2ccccc2I)[C@H]1O. The molecule has 0 radical (unpaired) electrons. The van der Waals surface area contributed by atoms with Crippen molar-refractivity contribution in [2.45, 2.75) is 24.7 Å². The van der Waals surface area contributed by atoms with Crippen LogP contribution in [-0.2, 0) is 19.1 Å². The van der Waals surface area contributed by atoms with Crippen LogP contribution in [0, 0.1) is 3.57 Å². The van der Waals surface area contributed by atoms with E-state index < -0.39 is 18.2 Å². The Bertz CT molecular complexity index is 774. The number of hydrogen-bond acceptors (Lipinski definition) is 7. The number of ether oxygens (including phenoxy) is 3. The van der Waals surface area contributed by atoms with Crippen LogP contribution in [0.4, 0.5) is 0 Å². The average Bonchev–Trinajstić information content (AvgIpc) is 2.76. The zero-order chi connectivity index (χ0) is 22.8. The zero-order valence-electron chi connectivity index (χ0n) is 17.6. The van der Waals surface area contributed by atoms with Gasteiger partial charge in [-0.2, -0.15) is 0 Å². The summed E-state index contributed by atoms with van der Waals surface area (Å²) < 4.78 is 17.0. The van der Waals surface area contributed by atoms with Gasteiger partial charge in [-0.15, -0.1) is 0 Å². The molecule has 9 nitrogen and oxygen atoms in total. The number of nitrogens with zero attached hydrogens (tertiary/aromatic N) is 1. The number of aliphatic hydroxyl groups is 2. The first-order chi connectivity index (χ1) is 14.9. The van der Waals surface area contributed by atoms with E-state index in [1.807, 2.05) is 18.2 Å². The van der Waals surface area contributed by atoms with Gasteiger partial charge in [0, 0.05) is 39.3 Å². The molecule has 172 valence electrons. The molecular formula is C21H29IN2O7. The van der Waals surface area contributed by atoms with E-state index in [0.29, 0.717) is 11.3 Å². The van der Waals surface area contributed by atoms with Crippen molar-refractivity contribution < 1.29 is 34.0 Å². The lowest BCUT2D eigenvalue weighted by Gasteiger charge is -2.40. The second-order valence-electron chi connectivity index (χ2n) is 6.96. The summed E-state index contributed by atoms with van der Waals surface area (Å²) >= 11 is 2.13. The highest BCUT2D eigenvalue weighted by atomic mass is 127. The molecule has 1 aliphatic carbocycles. The molecular weight excluding hydrogens is 519 g/mol. The fourth-order valence-electron chi connectivity index (χ4n) is 3.34. The number of amides is 2. The molecule has 0 saturated carbocycles. The number of halogens is 1. The van der Waals surface area contributed by atoms with Crippen molar-refractivity contribution >= 4 is 34.4 Å². The molecule has 2 amide bonds. The highest BCUT2D eigenvalue weighted by molar-refractivity contribution is 14.1. The summed E-state index contributed by atoms with van der Waals surface area (Å²) in [7, 11) is 2.94. The van der Waals surface area contributed by atoms with Crippen LogP contribution in [0.2, 0.25) is 0 Å². The van der Waals surface area contributed by atoms with Crippen molar-refractivity contribution in [3.05, 3.63) is 39.5 Å². The van der Waals surface area contributed by atoms with E-state index in [1.165, 1.54) is 19.1 Å². The van der Waals surface area contributed by atoms with Gasteiger partial charge in [-0.25, -0.2) is 0 Å². The lowest BCUT2D eigenvalue weighted by Crippen LogP contribution is -2.56. The molecule has 3 atom stereocenters. The Morgan fingerprint density at radius 3 is 2.65 bits per heavy atom. The zero-order valence-corrected chi connectivity index (χ0v) is 19.8. The Hall–Kier alpha value is -1.73. The Balaban J connectivity index is 2.36. The minimum atomic E-state index is -1.08. The third kappa shape index (κ3) is 7.14. The van der Waals surface area contributed by atoms with Crippen LogP contribution in [0.1, 0.15) is 6.42 Å². The Kier molecular flexibility index (Phi) is 10.7. The van der Waals surface area contributed by atoms with E-state index >= 15 is 0 Å². The van der Waals surface area contributed by atoms with E-state index in [0.717, 1.165) is 3.57 Å². The molecule has 3 N–H and O–H groups in total. The Labute approximate surface area is 195 Å². The molecule has 10 heteroatoms. The van der Waals surface area contributed by atoms with Crippen LogP contribution >= 0.6 is 22.6 Å². The number of nitrogens with one attached hydrogen (secondary N) is 1. The highest BCUT2D eigenvalue weighted by Crippen LogP contribution is 2.29. The molecule has 0 spiro atoms. The minimum absolute atomic E-state index is 0.0987.